The summed E-state index contributed by atoms with van der Waals surface area (Å²) in [5, 5.41) is 0. The quantitative estimate of drug-likeness (QED) is 0.300. The molecule has 2 fully saturated rings. The van der Waals surface area contributed by atoms with E-state index in [-0.39, 0.29) is 24.0 Å². The molecule has 0 aromatic rings. The molecule has 0 saturated carbocycles. The van der Waals surface area contributed by atoms with E-state index in [1.54, 1.807) is 0 Å². The van der Waals surface area contributed by atoms with Gasteiger partial charge in [0.15, 0.2) is 0 Å². The van der Waals surface area contributed by atoms with Crippen LogP contribution >= 0.6 is 0 Å². The maximum Gasteiger partial charge on any atom is 0.320 e. The molecule has 0 spiro atoms. The van der Waals surface area contributed by atoms with Crippen molar-refractivity contribution in [3.8, 4) is 0 Å². The first-order valence-corrected chi connectivity index (χ1v) is 4.28. The second-order valence-corrected chi connectivity index (χ2v) is 3.72. The van der Waals surface area contributed by atoms with E-state index in [1.807, 2.05) is 13.0 Å². The summed E-state index contributed by atoms with van der Waals surface area (Å²) >= 11 is 0. The van der Waals surface area contributed by atoms with Crippen LogP contribution in [0.2, 0.25) is 0 Å². The number of rotatable bonds is 0. The van der Waals surface area contributed by atoms with Gasteiger partial charge in [-0.3, -0.25) is 9.59 Å². The Balaban J connectivity index is 2.08. The molecule has 0 aliphatic carbocycles. The van der Waals surface area contributed by atoms with Gasteiger partial charge in [0.1, 0.15) is 11.8 Å². The highest BCUT2D eigenvalue weighted by atomic mass is 16.6. The molecule has 3 aliphatic heterocycles. The molecule has 3 aliphatic rings. The van der Waals surface area contributed by atoms with E-state index in [0.717, 1.165) is 5.57 Å². The van der Waals surface area contributed by atoms with Crippen molar-refractivity contribution in [3.05, 3.63) is 11.6 Å². The summed E-state index contributed by atoms with van der Waals surface area (Å²) in [6.45, 7) is 1.91. The number of esters is 2. The standard InChI is InChI=1S/C9H8O4/c1-3-2-4-5-6(7(3)12-4)9(11)13-8(5)10/h2,4-7H,1H3. The molecule has 3 heterocycles. The van der Waals surface area contributed by atoms with Crippen LogP contribution in [0.5, 0.6) is 0 Å². The highest BCUT2D eigenvalue weighted by Gasteiger charge is 2.60. The van der Waals surface area contributed by atoms with Crippen molar-refractivity contribution in [3.63, 3.8) is 0 Å². The number of cyclic esters (lactones) is 2. The third-order valence-corrected chi connectivity index (χ3v) is 2.99. The van der Waals surface area contributed by atoms with Crippen LogP contribution in [0, 0.1) is 11.8 Å². The molecular formula is C9H8O4. The molecule has 4 atom stereocenters. The third-order valence-electron chi connectivity index (χ3n) is 2.99. The zero-order valence-corrected chi connectivity index (χ0v) is 7.02. The fourth-order valence-electron chi connectivity index (χ4n) is 2.40. The van der Waals surface area contributed by atoms with Crippen LogP contribution in [0.1, 0.15) is 6.92 Å². The van der Waals surface area contributed by atoms with E-state index in [4.69, 9.17) is 4.74 Å². The second-order valence-electron chi connectivity index (χ2n) is 3.72. The van der Waals surface area contributed by atoms with Gasteiger partial charge in [0, 0.05) is 0 Å². The van der Waals surface area contributed by atoms with Gasteiger partial charge in [-0.05, 0) is 12.5 Å². The van der Waals surface area contributed by atoms with Crippen molar-refractivity contribution in [2.75, 3.05) is 0 Å². The first-order chi connectivity index (χ1) is 6.18. The van der Waals surface area contributed by atoms with Crippen LogP contribution in [0.4, 0.5) is 0 Å². The lowest BCUT2D eigenvalue weighted by atomic mass is 9.82. The van der Waals surface area contributed by atoms with Gasteiger partial charge in [-0.2, -0.15) is 0 Å². The van der Waals surface area contributed by atoms with E-state index in [9.17, 15) is 9.59 Å². The summed E-state index contributed by atoms with van der Waals surface area (Å²) in [6, 6.07) is 0. The van der Waals surface area contributed by atoms with Crippen molar-refractivity contribution >= 4 is 11.9 Å². The summed E-state index contributed by atoms with van der Waals surface area (Å²) in [5.41, 5.74) is 1.04. The number of fused-ring (bicyclic) bond motifs is 5. The first kappa shape index (κ1) is 7.26. The number of hydrogen-bond acceptors (Lipinski definition) is 4. The Morgan fingerprint density at radius 2 is 1.92 bits per heavy atom. The number of hydrogen-bond donors (Lipinski definition) is 0. The highest BCUT2D eigenvalue weighted by Crippen LogP contribution is 2.46. The first-order valence-electron chi connectivity index (χ1n) is 4.28. The zero-order valence-electron chi connectivity index (χ0n) is 7.02. The topological polar surface area (TPSA) is 52.6 Å². The van der Waals surface area contributed by atoms with Crippen LogP contribution in [-0.4, -0.2) is 24.1 Å². The molecule has 0 aromatic heterocycles. The fourth-order valence-corrected chi connectivity index (χ4v) is 2.40. The summed E-state index contributed by atoms with van der Waals surface area (Å²) in [4.78, 5) is 22.5. The van der Waals surface area contributed by atoms with Gasteiger partial charge in [-0.15, -0.1) is 0 Å². The SMILES string of the molecule is CC1=CC2OC1C1C(=O)OC(=O)C21. The average molecular weight is 180 g/mol. The summed E-state index contributed by atoms with van der Waals surface area (Å²) < 4.78 is 10.0. The smallest absolute Gasteiger partial charge is 0.320 e. The lowest BCUT2D eigenvalue weighted by Crippen LogP contribution is -2.28. The molecule has 68 valence electrons. The number of carbonyl (C=O) groups is 2. The van der Waals surface area contributed by atoms with Gasteiger partial charge in [-0.25, -0.2) is 0 Å². The Morgan fingerprint density at radius 3 is 2.69 bits per heavy atom. The maximum atomic E-state index is 11.3. The van der Waals surface area contributed by atoms with Crippen molar-refractivity contribution < 1.29 is 19.1 Å². The maximum absolute atomic E-state index is 11.3. The van der Waals surface area contributed by atoms with Gasteiger partial charge < -0.3 is 9.47 Å². The minimum Gasteiger partial charge on any atom is -0.393 e. The van der Waals surface area contributed by atoms with Crippen LogP contribution in [-0.2, 0) is 19.1 Å². The highest BCUT2D eigenvalue weighted by molar-refractivity contribution is 5.98. The van der Waals surface area contributed by atoms with Crippen molar-refractivity contribution in [2.45, 2.75) is 19.1 Å². The van der Waals surface area contributed by atoms with E-state index < -0.39 is 11.9 Å². The van der Waals surface area contributed by atoms with Gasteiger partial charge in [-0.1, -0.05) is 6.08 Å². The summed E-state index contributed by atoms with van der Waals surface area (Å²) in [6.07, 6.45) is 1.47. The van der Waals surface area contributed by atoms with E-state index in [2.05, 4.69) is 4.74 Å². The van der Waals surface area contributed by atoms with Crippen LogP contribution < -0.4 is 0 Å². The molecule has 4 nitrogen and oxygen atoms in total. The molecule has 0 aromatic carbocycles. The lowest BCUT2D eigenvalue weighted by molar-refractivity contribution is -0.156. The molecule has 0 amide bonds. The minimum atomic E-state index is -0.425. The number of carbonyl (C=O) groups excluding carboxylic acids is 2. The molecule has 0 radical (unpaired) electrons. The average Bonchev–Trinajstić information content (AvgIpc) is 2.64. The van der Waals surface area contributed by atoms with Gasteiger partial charge in [0.05, 0.1) is 12.2 Å². The van der Waals surface area contributed by atoms with Crippen LogP contribution in [0.3, 0.4) is 0 Å². The zero-order chi connectivity index (χ0) is 9.16. The van der Waals surface area contributed by atoms with Crippen LogP contribution in [0.25, 0.3) is 0 Å². The van der Waals surface area contributed by atoms with E-state index in [0.29, 0.717) is 0 Å². The molecule has 0 N–H and O–H groups in total. The molecular weight excluding hydrogens is 172 g/mol. The second kappa shape index (κ2) is 2.01. The summed E-state index contributed by atoms with van der Waals surface area (Å²) in [7, 11) is 0. The van der Waals surface area contributed by atoms with Gasteiger partial charge >= 0.3 is 11.9 Å². The molecule has 2 bridgehead atoms. The van der Waals surface area contributed by atoms with Crippen molar-refractivity contribution in [2.24, 2.45) is 11.8 Å². The van der Waals surface area contributed by atoms with Crippen molar-refractivity contribution in [1.82, 2.24) is 0 Å². The Morgan fingerprint density at radius 1 is 1.23 bits per heavy atom. The normalized spacial score (nSPS) is 46.4. The van der Waals surface area contributed by atoms with E-state index >= 15 is 0 Å². The van der Waals surface area contributed by atoms with E-state index in [1.165, 1.54) is 0 Å². The monoisotopic (exact) mass is 180 g/mol. The Hall–Kier alpha value is -1.16. The molecule has 3 rings (SSSR count). The molecule has 2 saturated heterocycles. The molecule has 4 unspecified atom stereocenters. The Bertz CT molecular complexity index is 344. The van der Waals surface area contributed by atoms with Gasteiger partial charge in [0.25, 0.3) is 0 Å². The predicted molar refractivity (Wildman–Crippen MR) is 40.5 cm³/mol. The predicted octanol–water partition coefficient (Wildman–Crippen LogP) is 0.0295. The molecule has 4 heteroatoms. The summed E-state index contributed by atoms with van der Waals surface area (Å²) in [5.74, 6) is -1.59. The third kappa shape index (κ3) is 0.698. The lowest BCUT2D eigenvalue weighted by Gasteiger charge is -2.13. The fraction of sp³-hybridized carbons (Fsp3) is 0.556. The Kier molecular flexibility index (Phi) is 1.12. The van der Waals surface area contributed by atoms with Crippen molar-refractivity contribution in [1.29, 1.82) is 0 Å². The van der Waals surface area contributed by atoms with Crippen LogP contribution in [0.15, 0.2) is 11.6 Å². The Labute approximate surface area is 74.5 Å². The van der Waals surface area contributed by atoms with Gasteiger partial charge in [0.2, 0.25) is 0 Å². The molecule has 13 heavy (non-hydrogen) atoms. The largest absolute Gasteiger partial charge is 0.393 e. The minimum absolute atomic E-state index is 0.214. The number of ether oxygens (including phenoxy) is 2.